The van der Waals surface area contributed by atoms with Crippen molar-refractivity contribution >= 4 is 11.7 Å². The van der Waals surface area contributed by atoms with E-state index in [-0.39, 0.29) is 24.3 Å². The van der Waals surface area contributed by atoms with Crippen LogP contribution in [0.3, 0.4) is 0 Å². The number of carbonyl (C=O) groups excluding carboxylic acids is 1. The van der Waals surface area contributed by atoms with Gasteiger partial charge in [0, 0.05) is 26.8 Å². The Labute approximate surface area is 98.9 Å². The molecule has 0 saturated carbocycles. The molecular formula is C11H13FN4O. The van der Waals surface area contributed by atoms with E-state index in [4.69, 9.17) is 5.26 Å². The number of carbonyl (C=O) groups is 1. The van der Waals surface area contributed by atoms with Crippen molar-refractivity contribution in [3.8, 4) is 6.07 Å². The van der Waals surface area contributed by atoms with Crippen LogP contribution in [0, 0.1) is 17.1 Å². The number of nitrogens with zero attached hydrogens (tertiary/aromatic N) is 3. The molecule has 0 unspecified atom stereocenters. The molecule has 5 nitrogen and oxygen atoms in total. The molecule has 0 bridgehead atoms. The minimum absolute atomic E-state index is 0.0320. The van der Waals surface area contributed by atoms with Crippen LogP contribution in [0.4, 0.5) is 10.2 Å². The lowest BCUT2D eigenvalue weighted by molar-refractivity contribution is 0.0793. The minimum atomic E-state index is -0.677. The summed E-state index contributed by atoms with van der Waals surface area (Å²) < 4.78 is 13.8. The lowest BCUT2D eigenvalue weighted by Crippen LogP contribution is -2.28. The van der Waals surface area contributed by atoms with Gasteiger partial charge in [-0.1, -0.05) is 0 Å². The first kappa shape index (κ1) is 12.9. The number of aromatic nitrogens is 1. The largest absolute Gasteiger partial charge is 0.371 e. The molecule has 1 amide bonds. The van der Waals surface area contributed by atoms with E-state index in [1.54, 1.807) is 0 Å². The third kappa shape index (κ3) is 2.91. The lowest BCUT2D eigenvalue weighted by atomic mass is 10.2. The minimum Gasteiger partial charge on any atom is -0.371 e. The molecule has 6 heteroatoms. The number of amides is 1. The zero-order valence-electron chi connectivity index (χ0n) is 9.70. The number of hydrogen-bond donors (Lipinski definition) is 1. The third-order valence-electron chi connectivity index (χ3n) is 2.26. The zero-order chi connectivity index (χ0) is 12.8. The first-order chi connectivity index (χ1) is 8.11. The highest BCUT2D eigenvalue weighted by atomic mass is 19.1. The van der Waals surface area contributed by atoms with Gasteiger partial charge in [-0.15, -0.1) is 0 Å². The normalized spacial score (nSPS) is 9.53. The highest BCUT2D eigenvalue weighted by molar-refractivity contribution is 5.95. The van der Waals surface area contributed by atoms with E-state index in [0.717, 1.165) is 0 Å². The maximum absolute atomic E-state index is 13.8. The molecule has 1 heterocycles. The second-order valence-electron chi connectivity index (χ2n) is 3.41. The Morgan fingerprint density at radius 2 is 2.41 bits per heavy atom. The van der Waals surface area contributed by atoms with Crippen LogP contribution in [0.25, 0.3) is 0 Å². The van der Waals surface area contributed by atoms with Gasteiger partial charge in [0.2, 0.25) is 0 Å². The highest BCUT2D eigenvalue weighted by Crippen LogP contribution is 2.15. The molecule has 1 aromatic rings. The van der Waals surface area contributed by atoms with Crippen molar-refractivity contribution in [1.82, 2.24) is 9.88 Å². The van der Waals surface area contributed by atoms with Gasteiger partial charge in [0.1, 0.15) is 0 Å². The first-order valence-corrected chi connectivity index (χ1v) is 5.06. The van der Waals surface area contributed by atoms with Crippen LogP contribution in [-0.4, -0.2) is 36.4 Å². The Balaban J connectivity index is 2.93. The van der Waals surface area contributed by atoms with Crippen LogP contribution in [-0.2, 0) is 0 Å². The Hall–Kier alpha value is -2.16. The van der Waals surface area contributed by atoms with Gasteiger partial charge in [-0.25, -0.2) is 9.37 Å². The lowest BCUT2D eigenvalue weighted by Gasteiger charge is -2.16. The summed E-state index contributed by atoms with van der Waals surface area (Å²) in [5, 5.41) is 11.0. The smallest absolute Gasteiger partial charge is 0.256 e. The SMILES string of the molecule is CNc1nccc(C(=O)N(C)CCC#N)c1F. The van der Waals surface area contributed by atoms with Crippen molar-refractivity contribution in [3.63, 3.8) is 0 Å². The average molecular weight is 236 g/mol. The molecule has 17 heavy (non-hydrogen) atoms. The number of rotatable bonds is 4. The molecule has 0 fully saturated rings. The number of halogens is 1. The van der Waals surface area contributed by atoms with E-state index in [1.807, 2.05) is 6.07 Å². The number of pyridine rings is 1. The maximum Gasteiger partial charge on any atom is 0.256 e. The van der Waals surface area contributed by atoms with Gasteiger partial charge in [-0.2, -0.15) is 5.26 Å². The Morgan fingerprint density at radius 3 is 3.00 bits per heavy atom. The summed E-state index contributed by atoms with van der Waals surface area (Å²) in [5.74, 6) is -1.11. The van der Waals surface area contributed by atoms with Crippen molar-refractivity contribution in [1.29, 1.82) is 5.26 Å². The van der Waals surface area contributed by atoms with Crippen LogP contribution in [0.5, 0.6) is 0 Å². The highest BCUT2D eigenvalue weighted by Gasteiger charge is 2.18. The Morgan fingerprint density at radius 1 is 1.71 bits per heavy atom. The van der Waals surface area contributed by atoms with Crippen molar-refractivity contribution in [3.05, 3.63) is 23.6 Å². The molecule has 1 aromatic heterocycles. The molecule has 0 spiro atoms. The average Bonchev–Trinajstić information content (AvgIpc) is 2.35. The second kappa shape index (κ2) is 5.80. The molecule has 0 aromatic carbocycles. The topological polar surface area (TPSA) is 69.0 Å². The van der Waals surface area contributed by atoms with Crippen LogP contribution in [0.2, 0.25) is 0 Å². The summed E-state index contributed by atoms with van der Waals surface area (Å²) in [6, 6.07) is 3.25. The van der Waals surface area contributed by atoms with Crippen molar-refractivity contribution in [2.75, 3.05) is 26.0 Å². The number of nitrogens with one attached hydrogen (secondary N) is 1. The molecule has 1 rings (SSSR count). The number of anilines is 1. The summed E-state index contributed by atoms with van der Waals surface area (Å²) in [6.07, 6.45) is 1.58. The van der Waals surface area contributed by atoms with Gasteiger partial charge in [0.15, 0.2) is 11.6 Å². The van der Waals surface area contributed by atoms with E-state index < -0.39 is 11.7 Å². The standard InChI is InChI=1S/C11H13FN4O/c1-14-10-9(12)8(4-6-15-10)11(17)16(2)7-3-5-13/h4,6H,3,7H2,1-2H3,(H,14,15). The van der Waals surface area contributed by atoms with Gasteiger partial charge in [-0.3, -0.25) is 4.79 Å². The Bertz CT molecular complexity index is 455. The summed E-state index contributed by atoms with van der Waals surface area (Å²) in [6.45, 7) is 0.270. The molecule has 1 N–H and O–H groups in total. The summed E-state index contributed by atoms with van der Waals surface area (Å²) in [7, 11) is 3.05. The van der Waals surface area contributed by atoms with Gasteiger partial charge in [0.05, 0.1) is 18.1 Å². The summed E-state index contributed by atoms with van der Waals surface area (Å²) in [4.78, 5) is 16.9. The molecule has 0 aliphatic heterocycles. The second-order valence-corrected chi connectivity index (χ2v) is 3.41. The summed E-state index contributed by atoms with van der Waals surface area (Å²) >= 11 is 0. The van der Waals surface area contributed by atoms with Gasteiger partial charge in [-0.05, 0) is 6.07 Å². The van der Waals surface area contributed by atoms with Crippen LogP contribution in [0.1, 0.15) is 16.8 Å². The molecule has 0 atom stereocenters. The molecule has 90 valence electrons. The van der Waals surface area contributed by atoms with Gasteiger partial charge < -0.3 is 10.2 Å². The molecule has 0 saturated heterocycles. The fourth-order valence-corrected chi connectivity index (χ4v) is 1.31. The summed E-state index contributed by atoms with van der Waals surface area (Å²) in [5.41, 5.74) is -0.0511. The van der Waals surface area contributed by atoms with E-state index in [1.165, 1.54) is 31.3 Å². The predicted octanol–water partition coefficient (Wildman–Crippen LogP) is 1.25. The van der Waals surface area contributed by atoms with E-state index in [9.17, 15) is 9.18 Å². The quantitative estimate of drug-likeness (QED) is 0.854. The van der Waals surface area contributed by atoms with E-state index in [0.29, 0.717) is 0 Å². The first-order valence-electron chi connectivity index (χ1n) is 5.06. The predicted molar refractivity (Wildman–Crippen MR) is 60.9 cm³/mol. The third-order valence-corrected chi connectivity index (χ3v) is 2.26. The monoisotopic (exact) mass is 236 g/mol. The fourth-order valence-electron chi connectivity index (χ4n) is 1.31. The van der Waals surface area contributed by atoms with Crippen LogP contribution < -0.4 is 5.32 Å². The fraction of sp³-hybridized carbons (Fsp3) is 0.364. The number of hydrogen-bond acceptors (Lipinski definition) is 4. The molecular weight excluding hydrogens is 223 g/mol. The van der Waals surface area contributed by atoms with E-state index >= 15 is 0 Å². The Kier molecular flexibility index (Phi) is 4.40. The van der Waals surface area contributed by atoms with E-state index in [2.05, 4.69) is 10.3 Å². The van der Waals surface area contributed by atoms with Crippen molar-refractivity contribution < 1.29 is 9.18 Å². The van der Waals surface area contributed by atoms with Crippen LogP contribution >= 0.6 is 0 Å². The van der Waals surface area contributed by atoms with Gasteiger partial charge >= 0.3 is 0 Å². The van der Waals surface area contributed by atoms with Gasteiger partial charge in [0.25, 0.3) is 5.91 Å². The number of nitriles is 1. The molecule has 0 aliphatic carbocycles. The maximum atomic E-state index is 13.8. The van der Waals surface area contributed by atoms with Crippen molar-refractivity contribution in [2.45, 2.75) is 6.42 Å². The molecule has 0 aliphatic rings. The van der Waals surface area contributed by atoms with Crippen LogP contribution in [0.15, 0.2) is 12.3 Å². The zero-order valence-corrected chi connectivity index (χ0v) is 9.70. The van der Waals surface area contributed by atoms with Crippen molar-refractivity contribution in [2.24, 2.45) is 0 Å². The molecule has 0 radical (unpaired) electrons.